The average Bonchev–Trinajstić information content (AvgIpc) is 2.46. The van der Waals surface area contributed by atoms with Crippen molar-refractivity contribution >= 4 is 22.3 Å². The van der Waals surface area contributed by atoms with Crippen molar-refractivity contribution in [3.63, 3.8) is 0 Å². The van der Waals surface area contributed by atoms with Crippen LogP contribution in [0.4, 0.5) is 4.79 Å². The molecular weight excluding hydrogens is 312 g/mol. The van der Waals surface area contributed by atoms with Crippen molar-refractivity contribution in [2.75, 3.05) is 13.2 Å². The van der Waals surface area contributed by atoms with Crippen LogP contribution < -0.4 is 9.44 Å². The Labute approximate surface area is 129 Å². The van der Waals surface area contributed by atoms with Crippen molar-refractivity contribution in [1.29, 1.82) is 0 Å². The highest BCUT2D eigenvalue weighted by molar-refractivity contribution is 7.88. The van der Waals surface area contributed by atoms with Crippen molar-refractivity contribution in [1.82, 2.24) is 9.44 Å². The van der Waals surface area contributed by atoms with Crippen LogP contribution in [0, 0.1) is 0 Å². The van der Waals surface area contributed by atoms with Gasteiger partial charge in [-0.25, -0.2) is 9.52 Å². The SMILES string of the molecule is CCOC(=O)CCNS(=O)(=O)NC(=O)OCc1ccccc1. The smallest absolute Gasteiger partial charge is 0.422 e. The molecule has 0 fully saturated rings. The quantitative estimate of drug-likeness (QED) is 0.679. The van der Waals surface area contributed by atoms with E-state index in [1.54, 1.807) is 35.9 Å². The number of hydrogen-bond acceptors (Lipinski definition) is 6. The molecule has 0 aromatic heterocycles. The highest BCUT2D eigenvalue weighted by Crippen LogP contribution is 2.00. The number of ether oxygens (including phenoxy) is 2. The van der Waals surface area contributed by atoms with Crippen LogP contribution >= 0.6 is 0 Å². The molecule has 1 amide bonds. The summed E-state index contributed by atoms with van der Waals surface area (Å²) in [6.07, 6.45) is -1.24. The van der Waals surface area contributed by atoms with Gasteiger partial charge in [0.25, 0.3) is 0 Å². The number of benzene rings is 1. The Kier molecular flexibility index (Phi) is 7.33. The molecule has 0 bridgehead atoms. The number of nitrogens with one attached hydrogen (secondary N) is 2. The van der Waals surface area contributed by atoms with Crippen LogP contribution in [0.5, 0.6) is 0 Å². The van der Waals surface area contributed by atoms with E-state index in [2.05, 4.69) is 4.74 Å². The van der Waals surface area contributed by atoms with Gasteiger partial charge in [-0.3, -0.25) is 4.79 Å². The van der Waals surface area contributed by atoms with Crippen LogP contribution in [0.3, 0.4) is 0 Å². The van der Waals surface area contributed by atoms with Crippen molar-refractivity contribution in [3.05, 3.63) is 35.9 Å². The summed E-state index contributed by atoms with van der Waals surface area (Å²) in [5.74, 6) is -0.531. The number of amides is 1. The highest BCUT2D eigenvalue weighted by Gasteiger charge is 2.15. The third-order valence-electron chi connectivity index (χ3n) is 2.36. The Morgan fingerprint density at radius 2 is 1.82 bits per heavy atom. The molecule has 0 aliphatic carbocycles. The Morgan fingerprint density at radius 3 is 2.45 bits per heavy atom. The van der Waals surface area contributed by atoms with Crippen molar-refractivity contribution in [2.24, 2.45) is 0 Å². The van der Waals surface area contributed by atoms with Crippen LogP contribution in [-0.4, -0.2) is 33.6 Å². The molecule has 1 aromatic carbocycles. The molecule has 0 heterocycles. The van der Waals surface area contributed by atoms with Gasteiger partial charge in [0, 0.05) is 6.54 Å². The molecule has 2 N–H and O–H groups in total. The number of carbonyl (C=O) groups excluding carboxylic acids is 2. The van der Waals surface area contributed by atoms with Crippen molar-refractivity contribution in [3.8, 4) is 0 Å². The Morgan fingerprint density at radius 1 is 1.14 bits per heavy atom. The zero-order chi connectivity index (χ0) is 16.4. The van der Waals surface area contributed by atoms with Crippen LogP contribution in [0.1, 0.15) is 18.9 Å². The van der Waals surface area contributed by atoms with Gasteiger partial charge < -0.3 is 9.47 Å². The monoisotopic (exact) mass is 330 g/mol. The second-order valence-corrected chi connectivity index (χ2v) is 5.62. The average molecular weight is 330 g/mol. The summed E-state index contributed by atoms with van der Waals surface area (Å²) in [7, 11) is -4.08. The highest BCUT2D eigenvalue weighted by atomic mass is 32.2. The fourth-order valence-corrected chi connectivity index (χ4v) is 2.14. The second kappa shape index (κ2) is 9.00. The summed E-state index contributed by atoms with van der Waals surface area (Å²) < 4.78 is 36.2. The standard InChI is InChI=1S/C13H18N2O6S/c1-2-20-12(16)8-9-14-22(18,19)15-13(17)21-10-11-6-4-3-5-7-11/h3-7,14H,2,8-10H2,1H3,(H,15,17). The molecule has 8 nitrogen and oxygen atoms in total. The molecule has 0 aliphatic heterocycles. The maximum Gasteiger partial charge on any atom is 0.422 e. The van der Waals surface area contributed by atoms with E-state index >= 15 is 0 Å². The topological polar surface area (TPSA) is 111 Å². The van der Waals surface area contributed by atoms with E-state index in [4.69, 9.17) is 4.74 Å². The first-order valence-electron chi connectivity index (χ1n) is 6.56. The predicted octanol–water partition coefficient (Wildman–Crippen LogP) is 0.700. The minimum Gasteiger partial charge on any atom is -0.466 e. The molecule has 0 saturated heterocycles. The fourth-order valence-electron chi connectivity index (χ4n) is 1.42. The van der Waals surface area contributed by atoms with Crippen LogP contribution in [0.25, 0.3) is 0 Å². The van der Waals surface area contributed by atoms with Gasteiger partial charge in [0.1, 0.15) is 6.61 Å². The molecule has 1 aromatic rings. The van der Waals surface area contributed by atoms with Gasteiger partial charge in [0.05, 0.1) is 13.0 Å². The minimum atomic E-state index is -4.08. The summed E-state index contributed by atoms with van der Waals surface area (Å²) in [5, 5.41) is 0. The second-order valence-electron chi connectivity index (χ2n) is 4.12. The molecule has 22 heavy (non-hydrogen) atoms. The third-order valence-corrected chi connectivity index (χ3v) is 3.38. The van der Waals surface area contributed by atoms with E-state index in [0.717, 1.165) is 5.56 Å². The fraction of sp³-hybridized carbons (Fsp3) is 0.385. The van der Waals surface area contributed by atoms with E-state index in [9.17, 15) is 18.0 Å². The number of hydrogen-bond donors (Lipinski definition) is 2. The third kappa shape index (κ3) is 7.60. The lowest BCUT2D eigenvalue weighted by Crippen LogP contribution is -2.41. The lowest BCUT2D eigenvalue weighted by atomic mass is 10.2. The number of carbonyl (C=O) groups is 2. The van der Waals surface area contributed by atoms with Gasteiger partial charge in [-0.1, -0.05) is 30.3 Å². The molecule has 0 aliphatic rings. The van der Waals surface area contributed by atoms with Crippen LogP contribution in [-0.2, 0) is 31.1 Å². The summed E-state index contributed by atoms with van der Waals surface area (Å²) >= 11 is 0. The molecular formula is C13H18N2O6S. The lowest BCUT2D eigenvalue weighted by Gasteiger charge is -2.09. The number of esters is 1. The Hall–Kier alpha value is -2.13. The van der Waals surface area contributed by atoms with E-state index in [0.29, 0.717) is 0 Å². The van der Waals surface area contributed by atoms with Crippen molar-refractivity contribution < 1.29 is 27.5 Å². The normalized spacial score (nSPS) is 10.8. The summed E-state index contributed by atoms with van der Waals surface area (Å²) in [6, 6.07) is 8.81. The molecule has 0 atom stereocenters. The van der Waals surface area contributed by atoms with Crippen molar-refractivity contribution in [2.45, 2.75) is 20.0 Å². The molecule has 9 heteroatoms. The molecule has 0 radical (unpaired) electrons. The lowest BCUT2D eigenvalue weighted by molar-refractivity contribution is -0.142. The zero-order valence-corrected chi connectivity index (χ0v) is 12.9. The molecule has 0 unspecified atom stereocenters. The first-order chi connectivity index (χ1) is 10.4. The van der Waals surface area contributed by atoms with E-state index < -0.39 is 22.3 Å². The Balaban J connectivity index is 2.31. The van der Waals surface area contributed by atoms with Crippen LogP contribution in [0.2, 0.25) is 0 Å². The first kappa shape index (κ1) is 17.9. The van der Waals surface area contributed by atoms with Gasteiger partial charge in [0.15, 0.2) is 0 Å². The van der Waals surface area contributed by atoms with Gasteiger partial charge >= 0.3 is 22.3 Å². The molecule has 0 spiro atoms. The predicted molar refractivity (Wildman–Crippen MR) is 77.9 cm³/mol. The summed E-state index contributed by atoms with van der Waals surface area (Å²) in [6.45, 7) is 1.63. The Bertz CT molecular complexity index is 588. The molecule has 122 valence electrons. The van der Waals surface area contributed by atoms with Gasteiger partial charge in [0.2, 0.25) is 0 Å². The first-order valence-corrected chi connectivity index (χ1v) is 8.05. The van der Waals surface area contributed by atoms with E-state index in [-0.39, 0.29) is 26.2 Å². The van der Waals surface area contributed by atoms with Gasteiger partial charge in [-0.05, 0) is 12.5 Å². The maximum absolute atomic E-state index is 11.5. The molecule has 0 saturated carbocycles. The van der Waals surface area contributed by atoms with Gasteiger partial charge in [-0.15, -0.1) is 0 Å². The van der Waals surface area contributed by atoms with E-state index in [1.165, 1.54) is 0 Å². The number of rotatable bonds is 8. The maximum atomic E-state index is 11.5. The van der Waals surface area contributed by atoms with E-state index in [1.807, 2.05) is 10.8 Å². The molecule has 1 rings (SSSR count). The minimum absolute atomic E-state index is 0.0506. The van der Waals surface area contributed by atoms with Gasteiger partial charge in [-0.2, -0.15) is 13.1 Å². The summed E-state index contributed by atoms with van der Waals surface area (Å²) in [4.78, 5) is 22.4. The van der Waals surface area contributed by atoms with Crippen LogP contribution in [0.15, 0.2) is 30.3 Å². The summed E-state index contributed by atoms with van der Waals surface area (Å²) in [5.41, 5.74) is 0.727. The zero-order valence-electron chi connectivity index (χ0n) is 12.1. The largest absolute Gasteiger partial charge is 0.466 e.